The number of rotatable bonds is 7. The molecule has 38 heavy (non-hydrogen) atoms. The van der Waals surface area contributed by atoms with Gasteiger partial charge in [0.05, 0.1) is 16.5 Å². The van der Waals surface area contributed by atoms with Gasteiger partial charge in [-0.3, -0.25) is 9.59 Å². The predicted molar refractivity (Wildman–Crippen MR) is 143 cm³/mol. The molecule has 0 aliphatic heterocycles. The van der Waals surface area contributed by atoms with Crippen molar-refractivity contribution >= 4 is 81.2 Å². The number of carbonyl (C=O) groups is 2. The van der Waals surface area contributed by atoms with Crippen LogP contribution in [0.3, 0.4) is 0 Å². The van der Waals surface area contributed by atoms with Crippen LogP contribution in [0.15, 0.2) is 60.7 Å². The topological polar surface area (TPSA) is 67.4 Å². The molecule has 0 heterocycles. The van der Waals surface area contributed by atoms with Crippen LogP contribution in [0.5, 0.6) is 5.75 Å². The summed E-state index contributed by atoms with van der Waals surface area (Å²) in [6.07, 6.45) is -4.47. The normalized spacial score (nSPS) is 18.0. The molecule has 200 valence electrons. The third-order valence-corrected chi connectivity index (χ3v) is 7.28. The number of halogens is 8. The van der Waals surface area contributed by atoms with Gasteiger partial charge in [0.15, 0.2) is 6.61 Å². The molecular weight excluding hydrogens is 611 g/mol. The zero-order valence-corrected chi connectivity index (χ0v) is 22.7. The van der Waals surface area contributed by atoms with Crippen molar-refractivity contribution in [1.29, 1.82) is 0 Å². The molecule has 0 spiro atoms. The lowest BCUT2D eigenvalue weighted by atomic mass is 10.1. The maximum Gasteiger partial charge on any atom is 0.422 e. The SMILES string of the molecule is O=C(Nc1ccc(OCC(F)(F)F)cc1)c1cc(NC(=O)[C@@H]2[C@@H](c3cc(Cl)cc(Cl)c3)C2(Cl)Cl)ccc1Cl. The molecule has 2 amide bonds. The Morgan fingerprint density at radius 2 is 1.47 bits per heavy atom. The maximum atomic E-state index is 13.0. The molecule has 4 rings (SSSR count). The Balaban J connectivity index is 1.43. The van der Waals surface area contributed by atoms with Crippen LogP contribution in [0.4, 0.5) is 24.5 Å². The number of alkyl halides is 5. The van der Waals surface area contributed by atoms with E-state index < -0.39 is 40.8 Å². The Bertz CT molecular complexity index is 1360. The van der Waals surface area contributed by atoms with Crippen LogP contribution in [0, 0.1) is 5.92 Å². The number of hydrogen-bond acceptors (Lipinski definition) is 3. The van der Waals surface area contributed by atoms with Crippen molar-refractivity contribution < 1.29 is 27.5 Å². The maximum absolute atomic E-state index is 13.0. The molecule has 0 saturated heterocycles. The summed E-state index contributed by atoms with van der Waals surface area (Å²) in [7, 11) is 0. The van der Waals surface area contributed by atoms with Crippen LogP contribution in [0.1, 0.15) is 21.8 Å². The summed E-state index contributed by atoms with van der Waals surface area (Å²) in [6, 6.07) is 14.4. The second-order valence-electron chi connectivity index (χ2n) is 8.40. The molecule has 5 nitrogen and oxygen atoms in total. The first-order valence-corrected chi connectivity index (χ1v) is 12.7. The van der Waals surface area contributed by atoms with E-state index in [4.69, 9.17) is 58.0 Å². The lowest BCUT2D eigenvalue weighted by Crippen LogP contribution is -2.19. The lowest BCUT2D eigenvalue weighted by Gasteiger charge is -2.12. The molecule has 0 radical (unpaired) electrons. The van der Waals surface area contributed by atoms with Crippen molar-refractivity contribution in [2.45, 2.75) is 16.4 Å². The van der Waals surface area contributed by atoms with E-state index in [1.54, 1.807) is 18.2 Å². The van der Waals surface area contributed by atoms with Gasteiger partial charge in [-0.1, -0.05) is 34.8 Å². The minimum Gasteiger partial charge on any atom is -0.484 e. The fourth-order valence-electron chi connectivity index (χ4n) is 3.82. The number of nitrogens with one attached hydrogen (secondary N) is 2. The van der Waals surface area contributed by atoms with Crippen molar-refractivity contribution in [2.24, 2.45) is 5.92 Å². The summed E-state index contributed by atoms with van der Waals surface area (Å²) in [4.78, 5) is 25.8. The fourth-order valence-corrected chi connectivity index (χ4v) is 5.39. The largest absolute Gasteiger partial charge is 0.484 e. The standard InChI is InChI=1S/C25H16Cl5F3N2O3/c26-13-7-12(8-14(27)9-13)20-21(25(20,29)30)23(37)35-16-3-6-19(28)18(10-16)22(36)34-15-1-4-17(5-2-15)38-11-24(31,32)33/h1-10,20-21H,11H2,(H,34,36)(H,35,37)/t20-,21+/m1/s1. The lowest BCUT2D eigenvalue weighted by molar-refractivity contribution is -0.153. The second-order valence-corrected chi connectivity index (χ2v) is 11.1. The molecule has 2 atom stereocenters. The molecule has 0 unspecified atom stereocenters. The van der Waals surface area contributed by atoms with E-state index in [-0.39, 0.29) is 27.7 Å². The van der Waals surface area contributed by atoms with Crippen LogP contribution >= 0.6 is 58.0 Å². The van der Waals surface area contributed by atoms with Crippen molar-refractivity contribution in [3.8, 4) is 5.75 Å². The molecule has 2 N–H and O–H groups in total. The minimum atomic E-state index is -4.47. The van der Waals surface area contributed by atoms with E-state index in [1.807, 2.05) is 0 Å². The zero-order chi connectivity index (χ0) is 27.8. The minimum absolute atomic E-state index is 0.0175. The van der Waals surface area contributed by atoms with Gasteiger partial charge in [0.2, 0.25) is 5.91 Å². The van der Waals surface area contributed by atoms with Crippen molar-refractivity contribution in [2.75, 3.05) is 17.2 Å². The Morgan fingerprint density at radius 3 is 2.08 bits per heavy atom. The number of carbonyl (C=O) groups excluding carboxylic acids is 2. The molecule has 13 heteroatoms. The average molecular weight is 627 g/mol. The first-order valence-electron chi connectivity index (χ1n) is 10.8. The summed E-state index contributed by atoms with van der Waals surface area (Å²) in [5.74, 6) is -2.49. The number of benzene rings is 3. The highest BCUT2D eigenvalue weighted by molar-refractivity contribution is 6.53. The van der Waals surface area contributed by atoms with Crippen molar-refractivity contribution in [3.63, 3.8) is 0 Å². The second kappa shape index (κ2) is 11.0. The predicted octanol–water partition coefficient (Wildman–Crippen LogP) is 8.37. The van der Waals surface area contributed by atoms with Gasteiger partial charge in [-0.05, 0) is 66.2 Å². The van der Waals surface area contributed by atoms with E-state index in [0.717, 1.165) is 0 Å². The zero-order valence-electron chi connectivity index (χ0n) is 18.9. The van der Waals surface area contributed by atoms with E-state index in [1.165, 1.54) is 42.5 Å². The Hall–Kier alpha value is -2.36. The van der Waals surface area contributed by atoms with Gasteiger partial charge in [0, 0.05) is 27.3 Å². The van der Waals surface area contributed by atoms with E-state index in [9.17, 15) is 22.8 Å². The Labute approximate surface area is 240 Å². The first-order chi connectivity index (χ1) is 17.7. The fraction of sp³-hybridized carbons (Fsp3) is 0.200. The summed E-state index contributed by atoms with van der Waals surface area (Å²) in [5, 5.41) is 6.13. The van der Waals surface area contributed by atoms with Crippen LogP contribution in [0.25, 0.3) is 0 Å². The molecular formula is C25H16Cl5F3N2O3. The van der Waals surface area contributed by atoms with Gasteiger partial charge in [0.25, 0.3) is 5.91 Å². The number of hydrogen-bond donors (Lipinski definition) is 2. The molecule has 1 fully saturated rings. The molecule has 1 aliphatic carbocycles. The number of anilines is 2. The average Bonchev–Trinajstić information content (AvgIpc) is 3.40. The smallest absolute Gasteiger partial charge is 0.422 e. The monoisotopic (exact) mass is 624 g/mol. The summed E-state index contributed by atoms with van der Waals surface area (Å²) in [6.45, 7) is -1.43. The Morgan fingerprint density at radius 1 is 0.868 bits per heavy atom. The molecule has 3 aromatic rings. The van der Waals surface area contributed by atoms with Crippen LogP contribution < -0.4 is 15.4 Å². The van der Waals surface area contributed by atoms with Crippen molar-refractivity contribution in [1.82, 2.24) is 0 Å². The summed E-state index contributed by atoms with van der Waals surface area (Å²) >= 11 is 31.1. The van der Waals surface area contributed by atoms with Gasteiger partial charge in [0.1, 0.15) is 10.1 Å². The summed E-state index contributed by atoms with van der Waals surface area (Å²) < 4.78 is 40.1. The number of ether oxygens (including phenoxy) is 1. The summed E-state index contributed by atoms with van der Waals surface area (Å²) in [5.41, 5.74) is 1.20. The molecule has 0 bridgehead atoms. The van der Waals surface area contributed by atoms with Crippen LogP contribution in [0.2, 0.25) is 15.1 Å². The Kier molecular flexibility index (Phi) is 8.31. The third-order valence-electron chi connectivity index (χ3n) is 5.57. The van der Waals surface area contributed by atoms with Gasteiger partial charge in [-0.2, -0.15) is 13.2 Å². The molecule has 3 aromatic carbocycles. The molecule has 1 saturated carbocycles. The van der Waals surface area contributed by atoms with Gasteiger partial charge in [-0.25, -0.2) is 0 Å². The first kappa shape index (κ1) is 28.6. The van der Waals surface area contributed by atoms with Crippen LogP contribution in [-0.4, -0.2) is 28.9 Å². The van der Waals surface area contributed by atoms with E-state index in [0.29, 0.717) is 15.6 Å². The van der Waals surface area contributed by atoms with Crippen molar-refractivity contribution in [3.05, 3.63) is 86.9 Å². The molecule has 1 aliphatic rings. The van der Waals surface area contributed by atoms with Gasteiger partial charge >= 0.3 is 6.18 Å². The number of amides is 2. The highest BCUT2D eigenvalue weighted by Gasteiger charge is 2.67. The van der Waals surface area contributed by atoms with Gasteiger partial charge in [-0.15, -0.1) is 23.2 Å². The quantitative estimate of drug-likeness (QED) is 0.259. The van der Waals surface area contributed by atoms with Gasteiger partial charge < -0.3 is 15.4 Å². The van der Waals surface area contributed by atoms with Crippen LogP contribution in [-0.2, 0) is 4.79 Å². The van der Waals surface area contributed by atoms with E-state index >= 15 is 0 Å². The molecule has 0 aromatic heterocycles. The highest BCUT2D eigenvalue weighted by atomic mass is 35.5. The highest BCUT2D eigenvalue weighted by Crippen LogP contribution is 2.65. The van der Waals surface area contributed by atoms with E-state index in [2.05, 4.69) is 15.4 Å². The third kappa shape index (κ3) is 6.79.